The van der Waals surface area contributed by atoms with Crippen LogP contribution in [0.4, 0.5) is 4.39 Å². The zero-order valence-corrected chi connectivity index (χ0v) is 10.8. The maximum absolute atomic E-state index is 12.9. The molecule has 0 saturated heterocycles. The molecule has 0 aliphatic heterocycles. The number of amides is 1. The highest BCUT2D eigenvalue weighted by Crippen LogP contribution is 2.16. The molecule has 1 unspecified atom stereocenters. The summed E-state index contributed by atoms with van der Waals surface area (Å²) in [6.07, 6.45) is 0.194. The van der Waals surface area contributed by atoms with Crippen LogP contribution in [0.25, 0.3) is 0 Å². The van der Waals surface area contributed by atoms with Gasteiger partial charge in [-0.2, -0.15) is 12.6 Å². The van der Waals surface area contributed by atoms with Crippen molar-refractivity contribution in [3.63, 3.8) is 0 Å². The van der Waals surface area contributed by atoms with Crippen molar-refractivity contribution in [2.24, 2.45) is 0 Å². The van der Waals surface area contributed by atoms with E-state index in [-0.39, 0.29) is 17.0 Å². The molecule has 98 valence electrons. The smallest absolute Gasteiger partial charge is 0.326 e. The Balaban J connectivity index is 2.80. The lowest BCUT2D eigenvalue weighted by atomic mass is 10.1. The number of nitrogens with one attached hydrogen (secondary N) is 1. The zero-order valence-electron chi connectivity index (χ0n) is 9.19. The van der Waals surface area contributed by atoms with Crippen LogP contribution in [0.3, 0.4) is 0 Å². The van der Waals surface area contributed by atoms with Crippen molar-refractivity contribution in [1.82, 2.24) is 5.32 Å². The highest BCUT2D eigenvalue weighted by Gasteiger charge is 2.20. The minimum atomic E-state index is -1.15. The second-order valence-corrected chi connectivity index (χ2v) is 4.36. The summed E-state index contributed by atoms with van der Waals surface area (Å²) in [5.74, 6) is -2.09. The second kappa shape index (κ2) is 6.61. The van der Waals surface area contributed by atoms with Gasteiger partial charge in [0.2, 0.25) is 0 Å². The minimum absolute atomic E-state index is 0.104. The summed E-state index contributed by atoms with van der Waals surface area (Å²) in [6.45, 7) is 0. The molecule has 0 bridgehead atoms. The molecule has 1 atom stereocenters. The summed E-state index contributed by atoms with van der Waals surface area (Å²) in [5, 5.41) is 11.0. The number of aliphatic carboxylic acids is 1. The van der Waals surface area contributed by atoms with Crippen LogP contribution in [0, 0.1) is 5.82 Å². The molecule has 0 aromatic heterocycles. The molecule has 0 fully saturated rings. The predicted octanol–water partition coefficient (Wildman–Crippen LogP) is 1.98. The fourth-order valence-corrected chi connectivity index (χ4v) is 1.70. The SMILES string of the molecule is O=C(NC(CCS)C(=O)O)c1ccc(F)c(Cl)c1. The number of carboxylic acids is 1. The van der Waals surface area contributed by atoms with E-state index in [0.29, 0.717) is 5.75 Å². The van der Waals surface area contributed by atoms with Gasteiger partial charge in [0.25, 0.3) is 5.91 Å². The molecule has 2 N–H and O–H groups in total. The normalized spacial score (nSPS) is 11.9. The van der Waals surface area contributed by atoms with Gasteiger partial charge in [-0.1, -0.05) is 11.6 Å². The fourth-order valence-electron chi connectivity index (χ4n) is 1.27. The molecular formula is C11H11ClFNO3S. The summed E-state index contributed by atoms with van der Waals surface area (Å²) in [5.41, 5.74) is 0.104. The maximum atomic E-state index is 12.9. The van der Waals surface area contributed by atoms with E-state index in [0.717, 1.165) is 12.1 Å². The van der Waals surface area contributed by atoms with Gasteiger partial charge in [-0.25, -0.2) is 9.18 Å². The van der Waals surface area contributed by atoms with Crippen LogP contribution in [0.5, 0.6) is 0 Å². The summed E-state index contributed by atoms with van der Waals surface area (Å²) >= 11 is 9.44. The predicted molar refractivity (Wildman–Crippen MR) is 68.8 cm³/mol. The first-order valence-electron chi connectivity index (χ1n) is 5.05. The van der Waals surface area contributed by atoms with Gasteiger partial charge in [-0.3, -0.25) is 4.79 Å². The van der Waals surface area contributed by atoms with Gasteiger partial charge in [-0.05, 0) is 30.4 Å². The van der Waals surface area contributed by atoms with Crippen LogP contribution in [-0.4, -0.2) is 28.8 Å². The average molecular weight is 292 g/mol. The van der Waals surface area contributed by atoms with E-state index >= 15 is 0 Å². The van der Waals surface area contributed by atoms with E-state index in [4.69, 9.17) is 16.7 Å². The highest BCUT2D eigenvalue weighted by atomic mass is 35.5. The Hall–Kier alpha value is -1.27. The van der Waals surface area contributed by atoms with Gasteiger partial charge in [0, 0.05) is 5.56 Å². The standard InChI is InChI=1S/C11H11ClFNO3S/c12-7-5-6(1-2-8(7)13)10(15)14-9(3-4-18)11(16)17/h1-2,5,9,18H,3-4H2,(H,14,15)(H,16,17). The molecule has 1 aromatic carbocycles. The van der Waals surface area contributed by atoms with Crippen molar-refractivity contribution in [2.75, 3.05) is 5.75 Å². The molecule has 1 amide bonds. The van der Waals surface area contributed by atoms with Crippen LogP contribution >= 0.6 is 24.2 Å². The minimum Gasteiger partial charge on any atom is -0.480 e. The van der Waals surface area contributed by atoms with Gasteiger partial charge < -0.3 is 10.4 Å². The number of benzene rings is 1. The van der Waals surface area contributed by atoms with Gasteiger partial charge in [0.05, 0.1) is 5.02 Å². The average Bonchev–Trinajstić information content (AvgIpc) is 2.31. The number of halogens is 2. The quantitative estimate of drug-likeness (QED) is 0.727. The molecule has 1 aromatic rings. The summed E-state index contributed by atoms with van der Waals surface area (Å²) in [7, 11) is 0. The largest absolute Gasteiger partial charge is 0.480 e. The highest BCUT2D eigenvalue weighted by molar-refractivity contribution is 7.80. The van der Waals surface area contributed by atoms with Crippen molar-refractivity contribution in [3.05, 3.63) is 34.6 Å². The Kier molecular flexibility index (Phi) is 5.43. The lowest BCUT2D eigenvalue weighted by molar-refractivity contribution is -0.139. The maximum Gasteiger partial charge on any atom is 0.326 e. The molecule has 4 nitrogen and oxygen atoms in total. The Labute approximate surface area is 114 Å². The van der Waals surface area contributed by atoms with E-state index < -0.39 is 23.7 Å². The molecule has 18 heavy (non-hydrogen) atoms. The molecule has 0 spiro atoms. The van der Waals surface area contributed by atoms with Crippen LogP contribution in [0.2, 0.25) is 5.02 Å². The summed E-state index contributed by atoms with van der Waals surface area (Å²) in [6, 6.07) is 2.40. The number of hydrogen-bond acceptors (Lipinski definition) is 3. The number of rotatable bonds is 5. The van der Waals surface area contributed by atoms with E-state index in [1.165, 1.54) is 6.07 Å². The monoisotopic (exact) mass is 291 g/mol. The lowest BCUT2D eigenvalue weighted by Crippen LogP contribution is -2.41. The number of carbonyl (C=O) groups is 2. The molecule has 7 heteroatoms. The topological polar surface area (TPSA) is 66.4 Å². The first-order chi connectivity index (χ1) is 8.45. The van der Waals surface area contributed by atoms with Crippen LogP contribution in [0.15, 0.2) is 18.2 Å². The number of carboxylic acid groups (broad SMARTS) is 1. The fraction of sp³-hybridized carbons (Fsp3) is 0.273. The molecule has 0 radical (unpaired) electrons. The van der Waals surface area contributed by atoms with Crippen molar-refractivity contribution in [3.8, 4) is 0 Å². The number of thiol groups is 1. The lowest BCUT2D eigenvalue weighted by Gasteiger charge is -2.13. The third-order valence-electron chi connectivity index (χ3n) is 2.20. The molecule has 0 aliphatic rings. The van der Waals surface area contributed by atoms with E-state index in [2.05, 4.69) is 17.9 Å². The van der Waals surface area contributed by atoms with Gasteiger partial charge in [0.1, 0.15) is 11.9 Å². The number of hydrogen-bond donors (Lipinski definition) is 3. The molecular weight excluding hydrogens is 281 g/mol. The number of carbonyl (C=O) groups excluding carboxylic acids is 1. The Morgan fingerprint density at radius 2 is 2.17 bits per heavy atom. The van der Waals surface area contributed by atoms with Crippen molar-refractivity contribution < 1.29 is 19.1 Å². The summed E-state index contributed by atoms with van der Waals surface area (Å²) in [4.78, 5) is 22.6. The van der Waals surface area contributed by atoms with Gasteiger partial charge in [-0.15, -0.1) is 0 Å². The van der Waals surface area contributed by atoms with Crippen molar-refractivity contribution in [2.45, 2.75) is 12.5 Å². The molecule has 1 rings (SSSR count). The second-order valence-electron chi connectivity index (χ2n) is 3.51. The van der Waals surface area contributed by atoms with Crippen molar-refractivity contribution >= 4 is 36.1 Å². The van der Waals surface area contributed by atoms with Crippen molar-refractivity contribution in [1.29, 1.82) is 0 Å². The molecule has 0 aliphatic carbocycles. The first kappa shape index (κ1) is 14.8. The molecule has 0 saturated carbocycles. The third-order valence-corrected chi connectivity index (χ3v) is 2.75. The van der Waals surface area contributed by atoms with E-state index in [1.807, 2.05) is 0 Å². The van der Waals surface area contributed by atoms with Crippen LogP contribution in [0.1, 0.15) is 16.8 Å². The van der Waals surface area contributed by atoms with Gasteiger partial charge >= 0.3 is 5.97 Å². The van der Waals surface area contributed by atoms with Gasteiger partial charge in [0.15, 0.2) is 0 Å². The Morgan fingerprint density at radius 3 is 2.67 bits per heavy atom. The van der Waals surface area contributed by atoms with E-state index in [1.54, 1.807) is 0 Å². The Morgan fingerprint density at radius 1 is 1.50 bits per heavy atom. The molecule has 0 heterocycles. The first-order valence-corrected chi connectivity index (χ1v) is 6.06. The third kappa shape index (κ3) is 3.89. The summed E-state index contributed by atoms with van der Waals surface area (Å²) < 4.78 is 12.9. The van der Waals surface area contributed by atoms with Crippen LogP contribution in [-0.2, 0) is 4.79 Å². The van der Waals surface area contributed by atoms with E-state index in [9.17, 15) is 14.0 Å². The Bertz CT molecular complexity index is 470. The zero-order chi connectivity index (χ0) is 13.7. The van der Waals surface area contributed by atoms with Crippen LogP contribution < -0.4 is 5.32 Å².